The van der Waals surface area contributed by atoms with Crippen molar-refractivity contribution in [2.24, 2.45) is 0 Å². The number of hydrogen-bond donors (Lipinski definition) is 2. The molecule has 1 aromatic carbocycles. The Balaban J connectivity index is 2.12. The Morgan fingerprint density at radius 3 is 2.70 bits per heavy atom. The van der Waals surface area contributed by atoms with Crippen LogP contribution in [-0.2, 0) is 9.59 Å². The molecule has 0 aliphatic heterocycles. The van der Waals surface area contributed by atoms with Crippen molar-refractivity contribution in [1.82, 2.24) is 4.98 Å². The zero-order valence-corrected chi connectivity index (χ0v) is 13.9. The van der Waals surface area contributed by atoms with E-state index in [2.05, 4.69) is 15.6 Å². The van der Waals surface area contributed by atoms with Gasteiger partial charge in [-0.25, -0.2) is 4.98 Å². The summed E-state index contributed by atoms with van der Waals surface area (Å²) < 4.78 is 5.21. The van der Waals surface area contributed by atoms with Gasteiger partial charge in [-0.05, 0) is 31.2 Å². The van der Waals surface area contributed by atoms with Crippen LogP contribution in [0.5, 0.6) is 5.75 Å². The normalized spacial score (nSPS) is 10.6. The van der Waals surface area contributed by atoms with E-state index in [0.29, 0.717) is 17.1 Å². The molecule has 0 aliphatic carbocycles. The van der Waals surface area contributed by atoms with E-state index in [4.69, 9.17) is 4.74 Å². The summed E-state index contributed by atoms with van der Waals surface area (Å²) in [7, 11) is 1.51. The Bertz CT molecular complexity index is 753. The number of nitrogens with one attached hydrogen (secondary N) is 2. The maximum atomic E-state index is 12.0. The molecule has 0 unspecified atom stereocenters. The van der Waals surface area contributed by atoms with Gasteiger partial charge in [-0.15, -0.1) is 11.3 Å². The van der Waals surface area contributed by atoms with Gasteiger partial charge in [0.15, 0.2) is 0 Å². The fraction of sp³-hybridized carbons (Fsp3) is 0.188. The third-order valence-corrected chi connectivity index (χ3v) is 3.61. The second kappa shape index (κ2) is 7.55. The maximum Gasteiger partial charge on any atom is 0.248 e. The van der Waals surface area contributed by atoms with Crippen LogP contribution in [0.1, 0.15) is 17.6 Å². The number of thiazole rings is 1. The Labute approximate surface area is 138 Å². The van der Waals surface area contributed by atoms with E-state index in [1.165, 1.54) is 31.4 Å². The number of benzene rings is 1. The zero-order valence-electron chi connectivity index (χ0n) is 13.0. The Morgan fingerprint density at radius 2 is 2.09 bits per heavy atom. The molecule has 7 heteroatoms. The predicted molar refractivity (Wildman–Crippen MR) is 91.8 cm³/mol. The van der Waals surface area contributed by atoms with Crippen LogP contribution >= 0.6 is 11.3 Å². The van der Waals surface area contributed by atoms with E-state index < -0.39 is 0 Å². The number of carbonyl (C=O) groups excluding carboxylic acids is 2. The van der Waals surface area contributed by atoms with Crippen molar-refractivity contribution in [3.63, 3.8) is 0 Å². The lowest BCUT2D eigenvalue weighted by molar-refractivity contribution is -0.114. The van der Waals surface area contributed by atoms with Gasteiger partial charge in [0.05, 0.1) is 23.5 Å². The first kappa shape index (κ1) is 16.7. The van der Waals surface area contributed by atoms with Gasteiger partial charge in [0.1, 0.15) is 5.75 Å². The summed E-state index contributed by atoms with van der Waals surface area (Å²) in [4.78, 5) is 27.4. The number of rotatable bonds is 5. The van der Waals surface area contributed by atoms with Gasteiger partial charge in [-0.2, -0.15) is 0 Å². The summed E-state index contributed by atoms with van der Waals surface area (Å²) in [6.07, 6.45) is 3.04. The number of hydrogen-bond acceptors (Lipinski definition) is 5. The number of aromatic nitrogens is 1. The van der Waals surface area contributed by atoms with Gasteiger partial charge >= 0.3 is 0 Å². The molecule has 0 bridgehead atoms. The number of anilines is 2. The maximum absolute atomic E-state index is 12.0. The number of ether oxygens (including phenoxy) is 1. The van der Waals surface area contributed by atoms with Crippen LogP contribution in [0.3, 0.4) is 0 Å². The van der Waals surface area contributed by atoms with Gasteiger partial charge in [-0.3, -0.25) is 9.59 Å². The van der Waals surface area contributed by atoms with Gasteiger partial charge < -0.3 is 15.4 Å². The van der Waals surface area contributed by atoms with Crippen LogP contribution in [0, 0.1) is 6.92 Å². The lowest BCUT2D eigenvalue weighted by Crippen LogP contribution is -2.10. The lowest BCUT2D eigenvalue weighted by atomic mass is 10.2. The van der Waals surface area contributed by atoms with E-state index in [1.807, 2.05) is 12.3 Å². The second-order valence-electron chi connectivity index (χ2n) is 4.71. The number of nitrogens with zero attached hydrogens (tertiary/aromatic N) is 1. The van der Waals surface area contributed by atoms with E-state index in [0.717, 1.165) is 10.7 Å². The monoisotopic (exact) mass is 331 g/mol. The quantitative estimate of drug-likeness (QED) is 0.825. The molecule has 0 spiro atoms. The largest absolute Gasteiger partial charge is 0.495 e. The molecular weight excluding hydrogens is 314 g/mol. The minimum Gasteiger partial charge on any atom is -0.495 e. The first-order valence-corrected chi connectivity index (χ1v) is 7.72. The number of carbonyl (C=O) groups is 2. The summed E-state index contributed by atoms with van der Waals surface area (Å²) >= 11 is 1.52. The van der Waals surface area contributed by atoms with Crippen molar-refractivity contribution in [2.75, 3.05) is 17.7 Å². The molecule has 0 aliphatic rings. The minimum atomic E-state index is -0.311. The van der Waals surface area contributed by atoms with Crippen LogP contribution in [-0.4, -0.2) is 23.9 Å². The average molecular weight is 331 g/mol. The SMILES string of the molecule is COc1ccc(NC(C)=O)cc1NC(=O)/C=C\c1csc(C)n1. The molecule has 120 valence electrons. The smallest absolute Gasteiger partial charge is 0.248 e. The molecule has 1 heterocycles. The van der Waals surface area contributed by atoms with Crippen molar-refractivity contribution >= 4 is 40.6 Å². The molecular formula is C16H17N3O3S. The van der Waals surface area contributed by atoms with E-state index >= 15 is 0 Å². The third kappa shape index (κ3) is 4.93. The summed E-state index contributed by atoms with van der Waals surface area (Å²) in [5, 5.41) is 8.20. The molecule has 23 heavy (non-hydrogen) atoms. The van der Waals surface area contributed by atoms with E-state index in [-0.39, 0.29) is 11.8 Å². The van der Waals surface area contributed by atoms with E-state index in [1.54, 1.807) is 24.3 Å². The Morgan fingerprint density at radius 1 is 1.30 bits per heavy atom. The topological polar surface area (TPSA) is 80.3 Å². The fourth-order valence-electron chi connectivity index (χ4n) is 1.88. The molecule has 2 N–H and O–H groups in total. The zero-order chi connectivity index (χ0) is 16.8. The van der Waals surface area contributed by atoms with Crippen LogP contribution in [0.2, 0.25) is 0 Å². The van der Waals surface area contributed by atoms with Crippen LogP contribution < -0.4 is 15.4 Å². The number of methoxy groups -OCH3 is 1. The van der Waals surface area contributed by atoms with Gasteiger partial charge in [-0.1, -0.05) is 0 Å². The summed E-state index contributed by atoms with van der Waals surface area (Å²) in [5.74, 6) is 0.00511. The van der Waals surface area contributed by atoms with Crippen molar-refractivity contribution in [3.8, 4) is 5.75 Å². The fourth-order valence-corrected chi connectivity index (χ4v) is 2.46. The average Bonchev–Trinajstić information content (AvgIpc) is 2.90. The molecule has 2 aromatic rings. The van der Waals surface area contributed by atoms with Crippen molar-refractivity contribution in [3.05, 3.63) is 40.4 Å². The van der Waals surface area contributed by atoms with Crippen LogP contribution in [0.25, 0.3) is 6.08 Å². The van der Waals surface area contributed by atoms with Crippen LogP contribution in [0.15, 0.2) is 29.7 Å². The summed E-state index contributed by atoms with van der Waals surface area (Å²) in [6.45, 7) is 3.32. The summed E-state index contributed by atoms with van der Waals surface area (Å²) in [6, 6.07) is 5.01. The molecule has 2 amide bonds. The highest BCUT2D eigenvalue weighted by atomic mass is 32.1. The molecule has 0 saturated heterocycles. The summed E-state index contributed by atoms with van der Waals surface area (Å²) in [5.41, 5.74) is 1.79. The van der Waals surface area contributed by atoms with Crippen molar-refractivity contribution < 1.29 is 14.3 Å². The number of aryl methyl sites for hydroxylation is 1. The first-order chi connectivity index (χ1) is 11.0. The first-order valence-electron chi connectivity index (χ1n) is 6.85. The minimum absolute atomic E-state index is 0.189. The Hall–Kier alpha value is -2.67. The highest BCUT2D eigenvalue weighted by Crippen LogP contribution is 2.27. The molecule has 2 rings (SSSR count). The Kier molecular flexibility index (Phi) is 5.48. The molecule has 0 atom stereocenters. The predicted octanol–water partition coefficient (Wildman–Crippen LogP) is 3.07. The molecule has 6 nitrogen and oxygen atoms in total. The van der Waals surface area contributed by atoms with Crippen molar-refractivity contribution in [2.45, 2.75) is 13.8 Å². The highest BCUT2D eigenvalue weighted by molar-refractivity contribution is 7.09. The van der Waals surface area contributed by atoms with Gasteiger partial charge in [0.25, 0.3) is 0 Å². The van der Waals surface area contributed by atoms with E-state index in [9.17, 15) is 9.59 Å². The second-order valence-corrected chi connectivity index (χ2v) is 5.77. The molecule has 0 fully saturated rings. The third-order valence-electron chi connectivity index (χ3n) is 2.82. The molecule has 0 saturated carbocycles. The molecule has 1 aromatic heterocycles. The highest BCUT2D eigenvalue weighted by Gasteiger charge is 2.08. The van der Waals surface area contributed by atoms with Gasteiger partial charge in [0, 0.05) is 24.1 Å². The van der Waals surface area contributed by atoms with Crippen LogP contribution in [0.4, 0.5) is 11.4 Å². The van der Waals surface area contributed by atoms with Crippen molar-refractivity contribution in [1.29, 1.82) is 0 Å². The lowest BCUT2D eigenvalue weighted by Gasteiger charge is -2.11. The molecule has 0 radical (unpaired) electrons. The standard InChI is InChI=1S/C16H17N3O3S/c1-10(20)17-12-4-6-15(22-3)14(8-12)19-16(21)7-5-13-9-23-11(2)18-13/h4-9H,1-3H3,(H,17,20)(H,19,21)/b7-5-. The number of amides is 2. The van der Waals surface area contributed by atoms with Gasteiger partial charge in [0.2, 0.25) is 11.8 Å².